The molecule has 22 N–H and O–H groups in total. The lowest BCUT2D eigenvalue weighted by atomic mass is 9.84. The van der Waals surface area contributed by atoms with E-state index >= 15 is 33.2 Å². The number of carbonyl (C=O) groups is 12. The molecule has 147 heavy (non-hydrogen) atoms. The number of ether oxygens (including phenoxy) is 6. The third kappa shape index (κ3) is 21.4. The first-order valence-electron chi connectivity index (χ1n) is 47.1. The molecule has 8 aromatic rings. The summed E-state index contributed by atoms with van der Waals surface area (Å²) in [5, 5.41) is 142. The quantitative estimate of drug-likeness (QED) is 0.0432. The number of aromatic hydroxyl groups is 3. The van der Waals surface area contributed by atoms with Crippen molar-refractivity contribution >= 4 is 123 Å². The second kappa shape index (κ2) is 42.7. The summed E-state index contributed by atoms with van der Waals surface area (Å²) in [5.41, 5.74) is 0.399. The predicted molar refractivity (Wildman–Crippen MR) is 521 cm³/mol. The minimum absolute atomic E-state index is 0.0802. The van der Waals surface area contributed by atoms with Crippen LogP contribution in [0.1, 0.15) is 148 Å². The summed E-state index contributed by atoms with van der Waals surface area (Å²) in [6, 6.07) is 4.67. The molecule has 0 spiro atoms. The fourth-order valence-corrected chi connectivity index (χ4v) is 21.7. The maximum Gasteiger partial charge on any atom is 0.330 e. The highest BCUT2D eigenvalue weighted by Crippen LogP contribution is 2.54. The topological polar surface area (TPSA) is 641 Å². The zero-order chi connectivity index (χ0) is 106. The number of aliphatic hydroxyl groups excluding tert-OH is 6. The van der Waals surface area contributed by atoms with E-state index in [-0.39, 0.29) is 41.0 Å². The number of primary amides is 1. The molecule has 18 rings (SSSR count). The number of anilines is 1. The van der Waals surface area contributed by atoms with Crippen LogP contribution in [0.4, 0.5) is 10.1 Å². The third-order valence-electron chi connectivity index (χ3n) is 27.4. The highest BCUT2D eigenvalue weighted by molar-refractivity contribution is 8.01. The van der Waals surface area contributed by atoms with Crippen molar-refractivity contribution in [1.82, 2.24) is 67.5 Å². The van der Waals surface area contributed by atoms with E-state index in [0.29, 0.717) is 37.4 Å². The third-order valence-corrected chi connectivity index (χ3v) is 29.5. The van der Waals surface area contributed by atoms with E-state index in [1.54, 1.807) is 75.6 Å². The lowest BCUT2D eigenvalue weighted by Gasteiger charge is -2.49. The van der Waals surface area contributed by atoms with Crippen LogP contribution in [0.3, 0.4) is 0 Å². The van der Waals surface area contributed by atoms with E-state index in [4.69, 9.17) is 57.4 Å². The number of thioether (sulfide) groups is 1. The van der Waals surface area contributed by atoms with Crippen LogP contribution in [0.5, 0.6) is 46.0 Å². The summed E-state index contributed by atoms with van der Waals surface area (Å²) >= 11 is 15.5. The van der Waals surface area contributed by atoms with Crippen molar-refractivity contribution in [3.63, 3.8) is 0 Å². The van der Waals surface area contributed by atoms with Crippen molar-refractivity contribution in [2.24, 2.45) is 11.7 Å². The van der Waals surface area contributed by atoms with Gasteiger partial charge >= 0.3 is 5.97 Å². The van der Waals surface area contributed by atoms with E-state index in [1.807, 2.05) is 11.9 Å². The number of carboxylic acid groups (broad SMARTS) is 1. The molecule has 48 heteroatoms. The van der Waals surface area contributed by atoms with E-state index < -0.39 is 329 Å². The Hall–Kier alpha value is -13.6. The number of likely N-dealkylation sites (N-methyl/N-ethyl adjacent to an activating group) is 2. The molecule has 44 nitrogen and oxygen atoms in total. The maximum atomic E-state index is 16.4. The number of hydrogen-bond donors (Lipinski definition) is 21. The number of benzene rings is 7. The largest absolute Gasteiger partial charge is 0.508 e. The van der Waals surface area contributed by atoms with E-state index in [9.17, 15) is 84.6 Å². The smallest absolute Gasteiger partial charge is 0.330 e. The number of aryl methyl sites for hydroxylation is 1. The van der Waals surface area contributed by atoms with Crippen molar-refractivity contribution in [1.29, 1.82) is 0 Å². The van der Waals surface area contributed by atoms with E-state index in [2.05, 4.69) is 58.1 Å². The van der Waals surface area contributed by atoms with Gasteiger partial charge in [-0.15, -0.1) is 11.8 Å². The average molecular weight is 2100 g/mol. The molecule has 11 heterocycles. The number of aromatic nitrogens is 1. The molecule has 1 aromatic heterocycles. The zero-order valence-corrected chi connectivity index (χ0v) is 82.7. The van der Waals surface area contributed by atoms with E-state index in [0.717, 1.165) is 90.6 Å². The van der Waals surface area contributed by atoms with Gasteiger partial charge in [-0.3, -0.25) is 57.5 Å². The number of nitrogens with two attached hydrogens (primary N) is 1. The molecule has 0 radical (unpaired) electrons. The highest BCUT2D eigenvalue weighted by Gasteiger charge is 2.65. The minimum Gasteiger partial charge on any atom is -0.508 e. The molecule has 7 aromatic carbocycles. The summed E-state index contributed by atoms with van der Waals surface area (Å²) in [6.07, 6.45) is -20.0. The van der Waals surface area contributed by atoms with Gasteiger partial charge < -0.3 is 158 Å². The van der Waals surface area contributed by atoms with Gasteiger partial charge in [-0.25, -0.2) is 9.18 Å². The molecular weight excluding hydrogens is 1990 g/mol. The van der Waals surface area contributed by atoms with Gasteiger partial charge in [-0.1, -0.05) is 85.6 Å². The first-order valence-corrected chi connectivity index (χ1v) is 48.8. The summed E-state index contributed by atoms with van der Waals surface area (Å²) in [6.45, 7) is 13.1. The second-order valence-electron chi connectivity index (χ2n) is 38.4. The van der Waals surface area contributed by atoms with Crippen LogP contribution in [0.15, 0.2) is 132 Å². The summed E-state index contributed by atoms with van der Waals surface area (Å²) in [4.78, 5) is 198. The molecule has 0 aliphatic carbocycles. The molecule has 15 unspecified atom stereocenters. The first-order chi connectivity index (χ1) is 69.7. The van der Waals surface area contributed by atoms with Crippen molar-refractivity contribution in [2.75, 3.05) is 51.8 Å². The Morgan fingerprint density at radius 2 is 1.33 bits per heavy atom. The van der Waals surface area contributed by atoms with Crippen LogP contribution < -0.4 is 83.4 Å². The van der Waals surface area contributed by atoms with Gasteiger partial charge in [0.25, 0.3) is 5.91 Å². The van der Waals surface area contributed by atoms with Crippen LogP contribution in [-0.4, -0.2) is 284 Å². The number of phenolic OH excluding ortho intramolecular Hbond substituents is 3. The van der Waals surface area contributed by atoms with Gasteiger partial charge in [0.1, 0.15) is 130 Å². The van der Waals surface area contributed by atoms with Crippen LogP contribution in [-0.2, 0) is 73.5 Å². The van der Waals surface area contributed by atoms with Crippen molar-refractivity contribution in [3.8, 4) is 57.1 Å². The molecule has 11 amide bonds. The monoisotopic (exact) mass is 2090 g/mol. The number of β-lactam (4-membered cyclic amide) rings is 1. The number of rotatable bonds is 22. The number of halogens is 3. The standard InChI is InChI=1S/C99H110Cl2FN15O29S/c1-10-115-38-51(78(125)48-34-54(102)58(36-57(48)115)116-24-22-114(9)23-25-116)85(129)106-69(42-14-12-11-13-15-42)88(132)112-75-94(138)117-83(98(5,6)147-95(75)117)93(137)113-99(7)37-67(141-41(4)84(99)128)145-82-80(127)79(126)65(39-118)144-97(82)146-81-63-30-46-31-64(81)143-62-21-18-45(29-53(62)101)77(124)74-92(136)109-72(96(139)140)50-32-47(119)33-60(121)68(50)49-27-43(16-19-59(49)120)70(89(133)111-74)108-90(134)71(46)107-87(131)56(35-66(103)122)105-91(135)73(110-86(130)55(104-8)26-40(2)3)76(123)44-17-20-61(142-63)52(100)28-44/h11-21,27-34,36,38,40-41,55-56,65,67,69-77,79-80,82-84,95,97,104,118-121,123-124,126-128H,10,22-26,35,37,39H2,1-9H3,(H2,103,122)(H,105,135)(H,106,129)(H,107,131)(H,108,134)(H,109,136)(H,110,130)(H,111,133)(H,112,132)(H,113,137)(H,139,140)/t41?,55-,56+,65?,67?,69?,70?,71-,72?,73-,74+,75?,76-,77-,79?,80?,82?,83?,84?,95?,97?,99?/m1/s1. The number of carbonyl (C=O) groups excluding carboxylic acids is 11. The maximum absolute atomic E-state index is 16.4. The number of amides is 11. The number of nitrogens with zero attached hydrogens (tertiary/aromatic N) is 4. The Kier molecular flexibility index (Phi) is 30.8. The van der Waals surface area contributed by atoms with Crippen molar-refractivity contribution in [3.05, 3.63) is 193 Å². The molecule has 5 saturated heterocycles. The Labute approximate surface area is 851 Å². The number of aliphatic hydroxyl groups is 6. The fourth-order valence-electron chi connectivity index (χ4n) is 19.6. The SMILES string of the molecule is CCn1cc(C(=O)NC(C(=O)NC2C(=O)N3C2SC(C)(C)C3C(=O)NC2(C)CC(OC3C(Oc4c5cc6cc4Oc4ccc(cc4Cl)[C@@H](O)[C@@H](NC(=O)[C@@H](CC(C)C)NC)C(=O)N[C@@H](CC(N)=O)C(=O)N[C@H]6C(=O)NC4C(=O)N[C@H](C(=O)NC(C(=O)O)c6cc(O)cc(O)c6-c6cc4ccc6O)[C@H](O)c4ccc(c(Cl)c4)O5)OC(CO)C(O)C3O)OC(C)C2O)c2ccccc2)c(=O)c2cc(F)c(N3CCN(C)CC3)cc21. The summed E-state index contributed by atoms with van der Waals surface area (Å²) in [5.74, 6) is -21.2. The fraction of sp³-hybridized carbons (Fsp3) is 0.424. The van der Waals surface area contributed by atoms with Gasteiger partial charge in [0, 0.05) is 78.2 Å². The van der Waals surface area contributed by atoms with Gasteiger partial charge in [-0.2, -0.15) is 0 Å². The molecule has 22 atom stereocenters. The predicted octanol–water partition coefficient (Wildman–Crippen LogP) is 2.21. The van der Waals surface area contributed by atoms with Crippen LogP contribution in [0.25, 0.3) is 22.0 Å². The van der Waals surface area contributed by atoms with Crippen LogP contribution in [0, 0.1) is 11.7 Å². The minimum atomic E-state index is -2.45. The molecule has 10 aliphatic heterocycles. The van der Waals surface area contributed by atoms with Crippen molar-refractivity contribution < 1.29 is 141 Å². The van der Waals surface area contributed by atoms with Gasteiger partial charge in [-0.05, 0) is 156 Å². The number of carboxylic acids is 1. The molecule has 0 saturated carbocycles. The highest BCUT2D eigenvalue weighted by atomic mass is 35.5. The van der Waals surface area contributed by atoms with Gasteiger partial charge in [0.2, 0.25) is 76.5 Å². The van der Waals surface area contributed by atoms with Gasteiger partial charge in [0.05, 0.1) is 52.0 Å². The number of nitrogens with one attached hydrogen (secondary N) is 10. The summed E-state index contributed by atoms with van der Waals surface area (Å²) in [7, 11) is 3.41. The second-order valence-corrected chi connectivity index (χ2v) is 41.0. The number of fused-ring (bicyclic) bond motifs is 17. The average Bonchev–Trinajstić information content (AvgIpc) is 1.55. The van der Waals surface area contributed by atoms with Crippen LogP contribution >= 0.6 is 35.0 Å². The normalized spacial score (nSPS) is 27.5. The summed E-state index contributed by atoms with van der Waals surface area (Å²) < 4.78 is 56.2. The lowest BCUT2D eigenvalue weighted by molar-refractivity contribution is -0.334. The number of aliphatic carboxylic acids is 1. The Balaban J connectivity index is 0.752. The lowest BCUT2D eigenvalue weighted by Crippen LogP contribution is -2.73. The molecular formula is C99H110Cl2FN15O29S. The van der Waals surface area contributed by atoms with Crippen LogP contribution in [0.2, 0.25) is 10.0 Å². The number of pyridine rings is 1. The van der Waals surface area contributed by atoms with Crippen molar-refractivity contribution in [2.45, 2.75) is 212 Å². The molecule has 11 bridgehead atoms. The number of piperazine rings is 1. The van der Waals surface area contributed by atoms with E-state index in [1.165, 1.54) is 38.1 Å². The number of phenols is 3. The molecule has 5 fully saturated rings. The van der Waals surface area contributed by atoms with Gasteiger partial charge in [0.15, 0.2) is 29.9 Å². The number of hydrogen-bond acceptors (Lipinski definition) is 32. The zero-order valence-electron chi connectivity index (χ0n) is 80.3. The molecule has 10 aliphatic rings. The Morgan fingerprint density at radius 3 is 1.95 bits per heavy atom. The first kappa shape index (κ1) is 106. The Morgan fingerprint density at radius 1 is 0.694 bits per heavy atom. The Bertz CT molecular complexity index is 6650. The molecule has 782 valence electrons.